The van der Waals surface area contributed by atoms with Crippen LogP contribution in [0.2, 0.25) is 0 Å². The van der Waals surface area contributed by atoms with Crippen LogP contribution in [0, 0.1) is 23.7 Å². The molecule has 0 spiro atoms. The van der Waals surface area contributed by atoms with Crippen molar-refractivity contribution >= 4 is 0 Å². The highest BCUT2D eigenvalue weighted by molar-refractivity contribution is 5.26. The second-order valence-corrected chi connectivity index (χ2v) is 6.25. The Balaban J connectivity index is 3.77. The van der Waals surface area contributed by atoms with Gasteiger partial charge in [0.1, 0.15) is 0 Å². The third kappa shape index (κ3) is 13.5. The van der Waals surface area contributed by atoms with Crippen LogP contribution in [0.25, 0.3) is 0 Å². The fourth-order valence-electron chi connectivity index (χ4n) is 1.99. The van der Waals surface area contributed by atoms with Crippen LogP contribution in [0.15, 0.2) is 11.6 Å². The topological polar surface area (TPSA) is 20.2 Å². The molecule has 0 saturated carbocycles. The lowest BCUT2D eigenvalue weighted by molar-refractivity contribution is 0.201. The van der Waals surface area contributed by atoms with Crippen molar-refractivity contribution in [2.45, 2.75) is 79.2 Å². The minimum atomic E-state index is -0.318. The van der Waals surface area contributed by atoms with Crippen LogP contribution < -0.4 is 0 Å². The Morgan fingerprint density at radius 3 is 2.37 bits per heavy atom. The van der Waals surface area contributed by atoms with Crippen LogP contribution >= 0.6 is 0 Å². The Morgan fingerprint density at radius 2 is 1.79 bits per heavy atom. The lowest BCUT2D eigenvalue weighted by Gasteiger charge is -2.10. The van der Waals surface area contributed by atoms with Gasteiger partial charge in [0.25, 0.3) is 0 Å². The van der Waals surface area contributed by atoms with Crippen molar-refractivity contribution in [3.05, 3.63) is 11.6 Å². The molecule has 0 aliphatic heterocycles. The predicted molar refractivity (Wildman–Crippen MR) is 84.9 cm³/mol. The molecule has 0 radical (unpaired) electrons. The Bertz CT molecular complexity index is 301. The maximum Gasteiger partial charge on any atom is 0.0621 e. The van der Waals surface area contributed by atoms with Gasteiger partial charge in [0.05, 0.1) is 6.10 Å². The predicted octanol–water partition coefficient (Wildman–Crippen LogP) is 4.95. The van der Waals surface area contributed by atoms with E-state index in [2.05, 4.69) is 45.6 Å². The summed E-state index contributed by atoms with van der Waals surface area (Å²) in [7, 11) is 0. The molecule has 1 N–H and O–H groups in total. The molecule has 0 bridgehead atoms. The molecule has 0 saturated heterocycles. The van der Waals surface area contributed by atoms with Crippen molar-refractivity contribution in [2.24, 2.45) is 11.8 Å². The second kappa shape index (κ2) is 11.1. The highest BCUT2D eigenvalue weighted by atomic mass is 16.3. The summed E-state index contributed by atoms with van der Waals surface area (Å²) in [4.78, 5) is 0. The number of aliphatic hydroxyl groups is 1. The molecule has 0 aliphatic carbocycles. The molecular weight excluding hydrogens is 232 g/mol. The third-order valence-corrected chi connectivity index (χ3v) is 3.27. The van der Waals surface area contributed by atoms with Crippen LogP contribution in [0.4, 0.5) is 0 Å². The van der Waals surface area contributed by atoms with E-state index in [4.69, 9.17) is 5.11 Å². The lowest BCUT2D eigenvalue weighted by Crippen LogP contribution is -1.96. The molecule has 0 aromatic heterocycles. The molecule has 110 valence electrons. The minimum Gasteiger partial charge on any atom is -0.392 e. The summed E-state index contributed by atoms with van der Waals surface area (Å²) in [6.07, 6.45) is 8.91. The lowest BCUT2D eigenvalue weighted by atomic mass is 9.96. The summed E-state index contributed by atoms with van der Waals surface area (Å²) in [5, 5.41) is 9.11. The molecule has 19 heavy (non-hydrogen) atoms. The highest BCUT2D eigenvalue weighted by Crippen LogP contribution is 2.17. The van der Waals surface area contributed by atoms with Crippen LogP contribution in [0.5, 0.6) is 0 Å². The SMILES string of the molecule is C/C(C#CCC(C)O)=C\CCC(C)CCCC(C)C. The first-order valence-electron chi connectivity index (χ1n) is 7.75. The molecule has 0 amide bonds. The van der Waals surface area contributed by atoms with Gasteiger partial charge in [-0.3, -0.25) is 0 Å². The minimum absolute atomic E-state index is 0.318. The number of hydrogen-bond donors (Lipinski definition) is 1. The van der Waals surface area contributed by atoms with Gasteiger partial charge in [-0.1, -0.05) is 58.0 Å². The van der Waals surface area contributed by atoms with E-state index in [-0.39, 0.29) is 6.10 Å². The van der Waals surface area contributed by atoms with E-state index in [0.29, 0.717) is 6.42 Å². The van der Waals surface area contributed by atoms with Crippen molar-refractivity contribution in [1.29, 1.82) is 0 Å². The van der Waals surface area contributed by atoms with Gasteiger partial charge in [-0.05, 0) is 44.1 Å². The van der Waals surface area contributed by atoms with Gasteiger partial charge in [-0.2, -0.15) is 0 Å². The van der Waals surface area contributed by atoms with Crippen LogP contribution in [-0.4, -0.2) is 11.2 Å². The normalized spacial score (nSPS) is 15.0. The smallest absolute Gasteiger partial charge is 0.0621 e. The van der Waals surface area contributed by atoms with Crippen molar-refractivity contribution in [3.8, 4) is 11.8 Å². The standard InChI is InChI=1S/C18H32O/c1-15(2)9-6-10-16(3)11-7-12-17(4)13-8-14-18(5)19/h12,15-16,18-19H,6-7,9-11,14H2,1-5H3/b17-12+. The molecular formula is C18H32O. The molecule has 2 atom stereocenters. The molecule has 0 fully saturated rings. The Labute approximate surface area is 120 Å². The van der Waals surface area contributed by atoms with Crippen LogP contribution in [0.3, 0.4) is 0 Å². The first-order valence-corrected chi connectivity index (χ1v) is 7.75. The van der Waals surface area contributed by atoms with Gasteiger partial charge in [0.2, 0.25) is 0 Å². The number of allylic oxidation sites excluding steroid dienone is 2. The monoisotopic (exact) mass is 264 g/mol. The summed E-state index contributed by atoms with van der Waals surface area (Å²) in [6, 6.07) is 0. The quantitative estimate of drug-likeness (QED) is 0.615. The number of hydrogen-bond acceptors (Lipinski definition) is 1. The third-order valence-electron chi connectivity index (χ3n) is 3.27. The van der Waals surface area contributed by atoms with Gasteiger partial charge in [-0.15, -0.1) is 0 Å². The zero-order valence-corrected chi connectivity index (χ0v) is 13.5. The molecule has 0 rings (SSSR count). The van der Waals surface area contributed by atoms with Gasteiger partial charge < -0.3 is 5.11 Å². The Hall–Kier alpha value is -0.740. The molecule has 0 aromatic rings. The molecule has 1 nitrogen and oxygen atoms in total. The van der Waals surface area contributed by atoms with Crippen molar-refractivity contribution in [2.75, 3.05) is 0 Å². The summed E-state index contributed by atoms with van der Waals surface area (Å²) in [5.74, 6) is 7.74. The molecule has 0 aromatic carbocycles. The number of aliphatic hydroxyl groups excluding tert-OH is 1. The van der Waals surface area contributed by atoms with E-state index in [1.54, 1.807) is 6.92 Å². The molecule has 2 unspecified atom stereocenters. The van der Waals surface area contributed by atoms with E-state index >= 15 is 0 Å². The molecule has 0 aliphatic rings. The Kier molecular flexibility index (Phi) is 10.7. The first kappa shape index (κ1) is 18.3. The summed E-state index contributed by atoms with van der Waals surface area (Å²) in [5.41, 5.74) is 1.13. The fourth-order valence-corrected chi connectivity index (χ4v) is 1.99. The average molecular weight is 264 g/mol. The van der Waals surface area contributed by atoms with Crippen molar-refractivity contribution in [1.82, 2.24) is 0 Å². The van der Waals surface area contributed by atoms with E-state index < -0.39 is 0 Å². The number of rotatable bonds is 8. The van der Waals surface area contributed by atoms with E-state index in [1.807, 2.05) is 0 Å². The van der Waals surface area contributed by atoms with Crippen LogP contribution in [0.1, 0.15) is 73.1 Å². The largest absolute Gasteiger partial charge is 0.392 e. The molecule has 1 heteroatoms. The first-order chi connectivity index (χ1) is 8.91. The zero-order chi connectivity index (χ0) is 14.7. The zero-order valence-electron chi connectivity index (χ0n) is 13.5. The highest BCUT2D eigenvalue weighted by Gasteiger charge is 2.02. The molecule has 0 heterocycles. The van der Waals surface area contributed by atoms with E-state index in [9.17, 15) is 0 Å². The summed E-state index contributed by atoms with van der Waals surface area (Å²) >= 11 is 0. The van der Waals surface area contributed by atoms with E-state index in [1.165, 1.54) is 25.7 Å². The van der Waals surface area contributed by atoms with E-state index in [0.717, 1.165) is 23.8 Å². The maximum atomic E-state index is 9.11. The van der Waals surface area contributed by atoms with Crippen molar-refractivity contribution in [3.63, 3.8) is 0 Å². The summed E-state index contributed by atoms with van der Waals surface area (Å²) in [6.45, 7) is 10.8. The second-order valence-electron chi connectivity index (χ2n) is 6.25. The van der Waals surface area contributed by atoms with Gasteiger partial charge >= 0.3 is 0 Å². The van der Waals surface area contributed by atoms with Crippen LogP contribution in [-0.2, 0) is 0 Å². The fraction of sp³-hybridized carbons (Fsp3) is 0.778. The maximum absolute atomic E-state index is 9.11. The van der Waals surface area contributed by atoms with Crippen molar-refractivity contribution < 1.29 is 5.11 Å². The summed E-state index contributed by atoms with van der Waals surface area (Å²) < 4.78 is 0. The van der Waals surface area contributed by atoms with Gasteiger partial charge in [-0.25, -0.2) is 0 Å². The Morgan fingerprint density at radius 1 is 1.11 bits per heavy atom. The van der Waals surface area contributed by atoms with Gasteiger partial charge in [0, 0.05) is 6.42 Å². The van der Waals surface area contributed by atoms with Gasteiger partial charge in [0.15, 0.2) is 0 Å². The average Bonchev–Trinajstić information content (AvgIpc) is 2.27.